The van der Waals surface area contributed by atoms with Crippen molar-refractivity contribution in [1.82, 2.24) is 0 Å². The summed E-state index contributed by atoms with van der Waals surface area (Å²) >= 11 is 0. The molecule has 0 aromatic carbocycles. The van der Waals surface area contributed by atoms with Gasteiger partial charge < -0.3 is 15.3 Å². The molecule has 0 saturated carbocycles. The van der Waals surface area contributed by atoms with E-state index in [2.05, 4.69) is 19.1 Å². The zero-order valence-electron chi connectivity index (χ0n) is 27.7. The van der Waals surface area contributed by atoms with Gasteiger partial charge >= 0.3 is 17.9 Å². The van der Waals surface area contributed by atoms with Crippen LogP contribution >= 0.6 is 0 Å². The molecule has 0 heterocycles. The molecule has 0 aliphatic carbocycles. The molecule has 0 aromatic heterocycles. The molecule has 0 saturated heterocycles. The van der Waals surface area contributed by atoms with E-state index in [-0.39, 0.29) is 30.3 Å². The van der Waals surface area contributed by atoms with E-state index < -0.39 is 36.0 Å². The van der Waals surface area contributed by atoms with Gasteiger partial charge in [-0.25, -0.2) is 14.4 Å². The second kappa shape index (κ2) is 25.6. The summed E-state index contributed by atoms with van der Waals surface area (Å²) in [6.07, 6.45) is 26.0. The second-order valence-electron chi connectivity index (χ2n) is 12.3. The predicted octanol–water partition coefficient (Wildman–Crippen LogP) is 9.38. The lowest BCUT2D eigenvalue weighted by Gasteiger charge is -2.50. The van der Waals surface area contributed by atoms with Crippen LogP contribution in [0, 0.1) is 0 Å². The van der Waals surface area contributed by atoms with E-state index in [4.69, 9.17) is 0 Å². The second-order valence-corrected chi connectivity index (χ2v) is 12.3. The highest BCUT2D eigenvalue weighted by Gasteiger charge is 2.56. The Hall–Kier alpha value is -1.89. The average molecular weight is 597 g/mol. The Morgan fingerprint density at radius 2 is 0.786 bits per heavy atom. The van der Waals surface area contributed by atoms with Gasteiger partial charge in [-0.1, -0.05) is 104 Å². The number of hydrogen-bond acceptors (Lipinski definition) is 3. The molecule has 7 nitrogen and oxygen atoms in total. The van der Waals surface area contributed by atoms with E-state index in [0.29, 0.717) is 25.7 Å². The predicted molar refractivity (Wildman–Crippen MR) is 173 cm³/mol. The van der Waals surface area contributed by atoms with E-state index in [1.54, 1.807) is 0 Å². The highest BCUT2D eigenvalue weighted by molar-refractivity contribution is 5.78. The third kappa shape index (κ3) is 15.5. The molecule has 3 N–H and O–H groups in total. The molecule has 0 bridgehead atoms. The monoisotopic (exact) mass is 596 g/mol. The molecular formula is C35H66NO6+. The Morgan fingerprint density at radius 1 is 0.476 bits per heavy atom. The van der Waals surface area contributed by atoms with Crippen LogP contribution in [0.3, 0.4) is 0 Å². The summed E-state index contributed by atoms with van der Waals surface area (Å²) in [5.41, 5.74) is 0. The zero-order chi connectivity index (χ0) is 31.6. The summed E-state index contributed by atoms with van der Waals surface area (Å²) in [6, 6.07) is -3.14. The van der Waals surface area contributed by atoms with Crippen molar-refractivity contribution in [1.29, 1.82) is 0 Å². The van der Waals surface area contributed by atoms with Crippen molar-refractivity contribution in [3.05, 3.63) is 12.2 Å². The first kappa shape index (κ1) is 40.1. The van der Waals surface area contributed by atoms with Crippen LogP contribution in [-0.2, 0) is 14.4 Å². The molecule has 0 fully saturated rings. The lowest BCUT2D eigenvalue weighted by molar-refractivity contribution is -0.973. The SMILES string of the molecule is CCCCCCCCCC/C=C/CCCCCCCC[N+](C(CCC)C(=O)O)(C(CCC)C(=O)O)C(CCC)C(=O)O. The Kier molecular flexibility index (Phi) is 24.4. The molecular weight excluding hydrogens is 530 g/mol. The molecule has 0 spiro atoms. The maximum absolute atomic E-state index is 12.6. The Morgan fingerprint density at radius 3 is 1.10 bits per heavy atom. The van der Waals surface area contributed by atoms with Gasteiger partial charge in [0.05, 0.1) is 6.54 Å². The minimum atomic E-state index is -1.09. The Bertz CT molecular complexity index is 677. The maximum Gasteiger partial charge on any atom is 0.362 e. The van der Waals surface area contributed by atoms with Crippen molar-refractivity contribution in [3.8, 4) is 0 Å². The topological polar surface area (TPSA) is 112 Å². The van der Waals surface area contributed by atoms with Crippen molar-refractivity contribution in [3.63, 3.8) is 0 Å². The molecule has 0 radical (unpaired) electrons. The number of aliphatic carboxylic acids is 3. The fraction of sp³-hybridized carbons (Fsp3) is 0.857. The standard InChI is InChI=1S/C35H65NO6/c1-5-9-10-11-12-13-14-15-16-17-18-19-20-21-22-23-24-25-29-36(30(26-6-2)33(37)38,31(27-7-3)34(39)40)32(28-8-4)35(41)42/h17-18,30-32H,5-16,19-29H2,1-4H3,(H2-,37,38,39,40,41,42)/p+1/b18-17+. The fourth-order valence-corrected chi connectivity index (χ4v) is 6.63. The summed E-state index contributed by atoms with van der Waals surface area (Å²) in [4.78, 5) is 37.8. The summed E-state index contributed by atoms with van der Waals surface area (Å²) < 4.78 is -0.376. The van der Waals surface area contributed by atoms with Crippen molar-refractivity contribution in [2.75, 3.05) is 6.54 Å². The largest absolute Gasteiger partial charge is 0.477 e. The average Bonchev–Trinajstić information content (AvgIpc) is 2.95. The molecule has 246 valence electrons. The van der Waals surface area contributed by atoms with Crippen LogP contribution < -0.4 is 0 Å². The minimum absolute atomic E-state index is 0.267. The molecule has 7 heteroatoms. The number of rotatable bonds is 30. The van der Waals surface area contributed by atoms with E-state index in [1.165, 1.54) is 57.8 Å². The number of hydrogen-bond donors (Lipinski definition) is 3. The summed E-state index contributed by atoms with van der Waals surface area (Å²) in [5.74, 6) is -3.26. The van der Waals surface area contributed by atoms with Gasteiger partial charge in [0.1, 0.15) is 0 Å². The molecule has 0 aliphatic heterocycles. The zero-order valence-corrected chi connectivity index (χ0v) is 27.7. The minimum Gasteiger partial charge on any atom is -0.477 e. The third-order valence-electron chi connectivity index (χ3n) is 8.84. The van der Waals surface area contributed by atoms with Crippen LogP contribution in [0.5, 0.6) is 0 Å². The van der Waals surface area contributed by atoms with Gasteiger partial charge in [0, 0.05) is 19.3 Å². The Balaban J connectivity index is 4.95. The number of quaternary nitrogens is 1. The van der Waals surface area contributed by atoms with Gasteiger partial charge in [0.25, 0.3) is 0 Å². The highest BCUT2D eigenvalue weighted by atomic mass is 16.4. The number of carboxylic acid groups (broad SMARTS) is 3. The molecule has 3 atom stereocenters. The highest BCUT2D eigenvalue weighted by Crippen LogP contribution is 2.34. The van der Waals surface area contributed by atoms with Gasteiger partial charge in [-0.05, 0) is 57.8 Å². The number of carboxylic acids is 3. The van der Waals surface area contributed by atoms with Gasteiger partial charge in [0.15, 0.2) is 18.1 Å². The molecule has 0 rings (SSSR count). The molecule has 0 aliphatic rings. The van der Waals surface area contributed by atoms with Gasteiger partial charge in [-0.3, -0.25) is 4.48 Å². The normalized spacial score (nSPS) is 15.3. The van der Waals surface area contributed by atoms with E-state index in [0.717, 1.165) is 38.5 Å². The van der Waals surface area contributed by atoms with Crippen molar-refractivity contribution < 1.29 is 34.2 Å². The van der Waals surface area contributed by atoms with E-state index >= 15 is 0 Å². The van der Waals surface area contributed by atoms with Crippen molar-refractivity contribution in [2.45, 2.75) is 187 Å². The van der Waals surface area contributed by atoms with Crippen LogP contribution in [-0.4, -0.2) is 62.4 Å². The lowest BCUT2D eigenvalue weighted by atomic mass is 9.91. The number of carbonyl (C=O) groups is 3. The number of unbranched alkanes of at least 4 members (excludes halogenated alkanes) is 14. The first-order valence-electron chi connectivity index (χ1n) is 17.4. The maximum atomic E-state index is 12.6. The summed E-state index contributed by atoms with van der Waals surface area (Å²) in [5, 5.41) is 30.8. The van der Waals surface area contributed by atoms with Crippen LogP contribution in [0.4, 0.5) is 0 Å². The first-order chi connectivity index (χ1) is 20.2. The number of allylic oxidation sites excluding steroid dienone is 2. The summed E-state index contributed by atoms with van der Waals surface area (Å²) in [7, 11) is 0. The van der Waals surface area contributed by atoms with Crippen LogP contribution in [0.1, 0.15) is 169 Å². The van der Waals surface area contributed by atoms with Crippen LogP contribution in [0.25, 0.3) is 0 Å². The first-order valence-corrected chi connectivity index (χ1v) is 17.4. The third-order valence-corrected chi connectivity index (χ3v) is 8.84. The van der Waals surface area contributed by atoms with Crippen LogP contribution in [0.15, 0.2) is 12.2 Å². The molecule has 3 unspecified atom stereocenters. The lowest BCUT2D eigenvalue weighted by Crippen LogP contribution is -2.72. The Labute approximate surface area is 257 Å². The van der Waals surface area contributed by atoms with Crippen molar-refractivity contribution in [2.24, 2.45) is 0 Å². The van der Waals surface area contributed by atoms with Crippen molar-refractivity contribution >= 4 is 17.9 Å². The van der Waals surface area contributed by atoms with Gasteiger partial charge in [0.2, 0.25) is 0 Å². The van der Waals surface area contributed by atoms with Crippen LogP contribution in [0.2, 0.25) is 0 Å². The van der Waals surface area contributed by atoms with E-state index in [1.807, 2.05) is 20.8 Å². The van der Waals surface area contributed by atoms with E-state index in [9.17, 15) is 29.7 Å². The molecule has 0 amide bonds. The smallest absolute Gasteiger partial charge is 0.362 e. The fourth-order valence-electron chi connectivity index (χ4n) is 6.63. The molecule has 0 aromatic rings. The summed E-state index contributed by atoms with van der Waals surface area (Å²) in [6.45, 7) is 8.16. The van der Waals surface area contributed by atoms with Gasteiger partial charge in [-0.2, -0.15) is 0 Å². The quantitative estimate of drug-likeness (QED) is 0.0433. The molecule has 42 heavy (non-hydrogen) atoms. The number of nitrogens with zero attached hydrogens (tertiary/aromatic N) is 1. The van der Waals surface area contributed by atoms with Gasteiger partial charge in [-0.15, -0.1) is 0 Å².